The smallest absolute Gasteiger partial charge is 0.322 e. The Bertz CT molecular complexity index is 1240. The Balaban J connectivity index is 1.93. The van der Waals surface area contributed by atoms with Gasteiger partial charge in [-0.3, -0.25) is 9.69 Å². The fourth-order valence-corrected chi connectivity index (χ4v) is 4.70. The highest BCUT2D eigenvalue weighted by atomic mass is 79.9. The fraction of sp³-hybridized carbons (Fsp3) is 0.185. The van der Waals surface area contributed by atoms with Crippen LogP contribution in [0.2, 0.25) is 0 Å². The third-order valence-electron chi connectivity index (χ3n) is 5.63. The first-order valence-corrected chi connectivity index (χ1v) is 11.8. The Morgan fingerprint density at radius 3 is 2.35 bits per heavy atom. The molecule has 0 bridgehead atoms. The van der Waals surface area contributed by atoms with Crippen LogP contribution < -0.4 is 10.1 Å². The quantitative estimate of drug-likeness (QED) is 0.411. The van der Waals surface area contributed by atoms with Crippen LogP contribution in [0, 0.1) is 0 Å². The van der Waals surface area contributed by atoms with Crippen LogP contribution in [0.3, 0.4) is 0 Å². The number of ketones is 1. The molecule has 1 aliphatic heterocycles. The number of nitrogens with one attached hydrogen (secondary N) is 1. The molecule has 2 N–H and O–H groups in total. The molecule has 0 saturated carbocycles. The number of carbonyl (C=O) groups is 2. The molecule has 0 radical (unpaired) electrons. The number of hydrogen-bond acceptors (Lipinski definition) is 4. The van der Waals surface area contributed by atoms with Crippen LogP contribution in [0.15, 0.2) is 82.8 Å². The summed E-state index contributed by atoms with van der Waals surface area (Å²) >= 11 is 3.50. The summed E-state index contributed by atoms with van der Waals surface area (Å²) in [5.74, 6) is 0.0904. The average Bonchev–Trinajstić information content (AvgIpc) is 2.83. The highest BCUT2D eigenvalue weighted by Gasteiger charge is 2.38. The molecule has 1 aliphatic rings. The predicted molar refractivity (Wildman–Crippen MR) is 134 cm³/mol. The van der Waals surface area contributed by atoms with Gasteiger partial charge in [0.25, 0.3) is 0 Å². The van der Waals surface area contributed by atoms with Crippen molar-refractivity contribution in [2.75, 3.05) is 6.61 Å². The molecule has 174 valence electrons. The van der Waals surface area contributed by atoms with Crippen molar-refractivity contribution in [3.8, 4) is 11.5 Å². The second kappa shape index (κ2) is 10.1. The molecular weight excluding hydrogens is 496 g/mol. The molecule has 34 heavy (non-hydrogen) atoms. The highest BCUT2D eigenvalue weighted by Crippen LogP contribution is 2.42. The lowest BCUT2D eigenvalue weighted by Gasteiger charge is -2.37. The first kappa shape index (κ1) is 23.6. The number of carbonyl (C=O) groups excluding carboxylic acids is 2. The Labute approximate surface area is 207 Å². The summed E-state index contributed by atoms with van der Waals surface area (Å²) in [6, 6.07) is 21.2. The summed E-state index contributed by atoms with van der Waals surface area (Å²) < 4.78 is 6.12. The van der Waals surface area contributed by atoms with Gasteiger partial charge >= 0.3 is 6.03 Å². The van der Waals surface area contributed by atoms with E-state index in [0.29, 0.717) is 34.5 Å². The molecule has 1 unspecified atom stereocenters. The van der Waals surface area contributed by atoms with Gasteiger partial charge in [0.1, 0.15) is 0 Å². The molecule has 2 amide bonds. The lowest BCUT2D eigenvalue weighted by molar-refractivity contribution is -0.114. The zero-order valence-corrected chi connectivity index (χ0v) is 20.5. The van der Waals surface area contributed by atoms with Gasteiger partial charge < -0.3 is 15.2 Å². The van der Waals surface area contributed by atoms with Gasteiger partial charge in [-0.05, 0) is 42.7 Å². The number of urea groups is 1. The molecule has 0 aromatic heterocycles. The summed E-state index contributed by atoms with van der Waals surface area (Å²) in [5, 5.41) is 13.3. The van der Waals surface area contributed by atoms with Gasteiger partial charge in [-0.15, -0.1) is 0 Å². The molecule has 0 saturated heterocycles. The SMILES string of the molecule is CCOc1cc(C2NC(=O)N(Cc3ccccc3)C(c3ccccc3)=C2C(C)=O)c(Br)cc1O. The van der Waals surface area contributed by atoms with E-state index in [9.17, 15) is 14.7 Å². The van der Waals surface area contributed by atoms with Gasteiger partial charge in [0.05, 0.1) is 24.9 Å². The number of amides is 2. The third-order valence-corrected chi connectivity index (χ3v) is 6.31. The average molecular weight is 521 g/mol. The normalized spacial score (nSPS) is 15.8. The van der Waals surface area contributed by atoms with Crippen molar-refractivity contribution in [3.63, 3.8) is 0 Å². The van der Waals surface area contributed by atoms with Crippen molar-refractivity contribution < 1.29 is 19.4 Å². The summed E-state index contributed by atoms with van der Waals surface area (Å²) in [4.78, 5) is 28.2. The number of phenols is 1. The van der Waals surface area contributed by atoms with E-state index in [1.54, 1.807) is 11.0 Å². The maximum atomic E-state index is 13.5. The van der Waals surface area contributed by atoms with Gasteiger partial charge in [-0.1, -0.05) is 76.6 Å². The van der Waals surface area contributed by atoms with E-state index in [2.05, 4.69) is 21.2 Å². The minimum atomic E-state index is -0.735. The van der Waals surface area contributed by atoms with E-state index < -0.39 is 6.04 Å². The molecule has 4 rings (SSSR count). The Hall–Kier alpha value is -3.58. The summed E-state index contributed by atoms with van der Waals surface area (Å²) in [6.45, 7) is 3.99. The van der Waals surface area contributed by atoms with Crippen molar-refractivity contribution >= 4 is 33.4 Å². The van der Waals surface area contributed by atoms with E-state index >= 15 is 0 Å². The second-order valence-electron chi connectivity index (χ2n) is 7.91. The zero-order valence-electron chi connectivity index (χ0n) is 18.9. The van der Waals surface area contributed by atoms with Crippen molar-refractivity contribution in [3.05, 3.63) is 99.5 Å². The molecule has 6 nitrogen and oxygen atoms in total. The first-order chi connectivity index (χ1) is 16.4. The molecule has 0 aliphatic carbocycles. The standard InChI is InChI=1S/C27H25BrN2O4/c1-3-34-23-14-20(21(28)15-22(23)32)25-24(17(2)31)26(19-12-8-5-9-13-19)30(27(33)29-25)16-18-10-6-4-7-11-18/h4-15,25,32H,3,16H2,1-2H3,(H,29,33). The number of Topliss-reactive ketones (excluding diaryl/α,β-unsaturated/α-hetero) is 1. The van der Waals surface area contributed by atoms with Crippen LogP contribution in [0.1, 0.15) is 36.6 Å². The second-order valence-corrected chi connectivity index (χ2v) is 8.77. The van der Waals surface area contributed by atoms with Crippen molar-refractivity contribution in [1.82, 2.24) is 10.2 Å². The number of rotatable bonds is 7. The van der Waals surface area contributed by atoms with Crippen LogP contribution in [0.25, 0.3) is 5.70 Å². The van der Waals surface area contributed by atoms with Gasteiger partial charge in [-0.25, -0.2) is 4.79 Å². The highest BCUT2D eigenvalue weighted by molar-refractivity contribution is 9.10. The molecular formula is C27H25BrN2O4. The first-order valence-electron chi connectivity index (χ1n) is 11.0. The van der Waals surface area contributed by atoms with Gasteiger partial charge in [0.15, 0.2) is 17.3 Å². The number of hydrogen-bond donors (Lipinski definition) is 2. The Morgan fingerprint density at radius 2 is 1.74 bits per heavy atom. The topological polar surface area (TPSA) is 78.9 Å². The van der Waals surface area contributed by atoms with Crippen LogP contribution >= 0.6 is 15.9 Å². The van der Waals surface area contributed by atoms with E-state index in [-0.39, 0.29) is 23.3 Å². The predicted octanol–water partition coefficient (Wildman–Crippen LogP) is 5.82. The van der Waals surface area contributed by atoms with Gasteiger partial charge in [-0.2, -0.15) is 0 Å². The largest absolute Gasteiger partial charge is 0.504 e. The van der Waals surface area contributed by atoms with E-state index in [1.807, 2.05) is 67.6 Å². The molecule has 3 aromatic carbocycles. The fourth-order valence-electron chi connectivity index (χ4n) is 4.14. The van der Waals surface area contributed by atoms with Crippen molar-refractivity contribution in [1.29, 1.82) is 0 Å². The number of benzene rings is 3. The lowest BCUT2D eigenvalue weighted by Crippen LogP contribution is -2.47. The number of halogens is 1. The van der Waals surface area contributed by atoms with Crippen LogP contribution in [-0.2, 0) is 11.3 Å². The van der Waals surface area contributed by atoms with Crippen molar-refractivity contribution in [2.24, 2.45) is 0 Å². The minimum Gasteiger partial charge on any atom is -0.504 e. The monoisotopic (exact) mass is 520 g/mol. The van der Waals surface area contributed by atoms with Gasteiger partial charge in [0.2, 0.25) is 0 Å². The van der Waals surface area contributed by atoms with Crippen molar-refractivity contribution in [2.45, 2.75) is 26.4 Å². The number of nitrogens with zero attached hydrogens (tertiary/aromatic N) is 1. The Kier molecular flexibility index (Phi) is 7.03. The van der Waals surface area contributed by atoms with Gasteiger partial charge in [0, 0.05) is 10.0 Å². The maximum Gasteiger partial charge on any atom is 0.322 e. The van der Waals surface area contributed by atoms with Crippen LogP contribution in [0.5, 0.6) is 11.5 Å². The maximum absolute atomic E-state index is 13.5. The van der Waals surface area contributed by atoms with E-state index in [0.717, 1.165) is 11.1 Å². The molecule has 1 atom stereocenters. The molecule has 0 fully saturated rings. The third kappa shape index (κ3) is 4.70. The lowest BCUT2D eigenvalue weighted by atomic mass is 9.89. The minimum absolute atomic E-state index is 0.0260. The molecule has 7 heteroatoms. The molecule has 1 heterocycles. The summed E-state index contributed by atoms with van der Waals surface area (Å²) in [5.41, 5.74) is 3.34. The van der Waals surface area contributed by atoms with Crippen LogP contribution in [0.4, 0.5) is 4.79 Å². The number of phenolic OH excluding ortho intramolecular Hbond substituents is 1. The number of ether oxygens (including phenoxy) is 1. The van der Waals surface area contributed by atoms with E-state index in [1.165, 1.54) is 13.0 Å². The van der Waals surface area contributed by atoms with Crippen LogP contribution in [-0.4, -0.2) is 28.4 Å². The molecule has 0 spiro atoms. The summed E-state index contributed by atoms with van der Waals surface area (Å²) in [6.07, 6.45) is 0. The molecule has 3 aromatic rings. The van der Waals surface area contributed by atoms with E-state index in [4.69, 9.17) is 4.74 Å². The Morgan fingerprint density at radius 1 is 1.09 bits per heavy atom. The number of aromatic hydroxyl groups is 1. The summed E-state index contributed by atoms with van der Waals surface area (Å²) in [7, 11) is 0. The zero-order chi connectivity index (χ0) is 24.2.